The molecule has 3 aromatic rings. The number of rotatable bonds is 4. The van der Waals surface area contributed by atoms with Crippen LogP contribution in [-0.4, -0.2) is 52.2 Å². The molecule has 0 N–H and O–H groups in total. The number of benzene rings is 1. The van der Waals surface area contributed by atoms with Gasteiger partial charge in [0.15, 0.2) is 28.5 Å². The van der Waals surface area contributed by atoms with E-state index in [-0.39, 0.29) is 29.0 Å². The van der Waals surface area contributed by atoms with Crippen molar-refractivity contribution in [2.24, 2.45) is 11.8 Å². The van der Waals surface area contributed by atoms with Crippen LogP contribution in [0.4, 0.5) is 13.2 Å². The Morgan fingerprint density at radius 3 is 2.50 bits per heavy atom. The summed E-state index contributed by atoms with van der Waals surface area (Å²) in [6.45, 7) is 2.75. The summed E-state index contributed by atoms with van der Waals surface area (Å²) in [5.41, 5.74) is -0.545. The largest absolute Gasteiger partial charge is 0.493 e. The summed E-state index contributed by atoms with van der Waals surface area (Å²) in [6.07, 6.45) is 0.549. The molecule has 2 aromatic heterocycles. The number of fused-ring (bicyclic) bond motifs is 2. The number of likely N-dealkylation sites (tertiary alicyclic amines) is 1. The van der Waals surface area contributed by atoms with E-state index in [1.165, 1.54) is 20.3 Å². The Morgan fingerprint density at radius 2 is 1.78 bits per heavy atom. The Balaban J connectivity index is 1.57. The highest BCUT2D eigenvalue weighted by atomic mass is 19.4. The lowest BCUT2D eigenvalue weighted by atomic mass is 9.73. The van der Waals surface area contributed by atoms with Crippen LogP contribution in [0.5, 0.6) is 11.5 Å². The van der Waals surface area contributed by atoms with Crippen molar-refractivity contribution in [1.82, 2.24) is 19.5 Å². The molecule has 1 amide bonds. The molecule has 0 unspecified atom stereocenters. The van der Waals surface area contributed by atoms with Gasteiger partial charge in [-0.25, -0.2) is 9.50 Å². The molecule has 1 aliphatic carbocycles. The summed E-state index contributed by atoms with van der Waals surface area (Å²) >= 11 is 0. The van der Waals surface area contributed by atoms with Gasteiger partial charge in [-0.05, 0) is 61.8 Å². The fourth-order valence-corrected chi connectivity index (χ4v) is 5.87. The van der Waals surface area contributed by atoms with Crippen LogP contribution in [0, 0.1) is 11.8 Å². The maximum absolute atomic E-state index is 14.1. The number of methoxy groups -OCH3 is 2. The third-order valence-electron chi connectivity index (χ3n) is 7.51. The minimum Gasteiger partial charge on any atom is -0.493 e. The Hall–Kier alpha value is -3.30. The van der Waals surface area contributed by atoms with Crippen molar-refractivity contribution in [2.45, 2.75) is 51.2 Å². The molecule has 2 fully saturated rings. The molecule has 0 bridgehead atoms. The molecule has 5 rings (SSSR count). The Bertz CT molecular complexity index is 1290. The average molecular weight is 503 g/mol. The van der Waals surface area contributed by atoms with Gasteiger partial charge in [-0.1, -0.05) is 13.3 Å². The zero-order chi connectivity index (χ0) is 25.6. The molecule has 7 nitrogen and oxygen atoms in total. The molecule has 192 valence electrons. The summed E-state index contributed by atoms with van der Waals surface area (Å²) in [4.78, 5) is 19.8. The van der Waals surface area contributed by atoms with Crippen LogP contribution in [0.1, 0.15) is 55.2 Å². The fraction of sp³-hybridized carbons (Fsp3) is 0.500. The maximum Gasteiger partial charge on any atom is 0.433 e. The molecule has 1 saturated heterocycles. The molecule has 3 heterocycles. The van der Waals surface area contributed by atoms with E-state index in [0.29, 0.717) is 35.4 Å². The number of carbonyl (C=O) groups is 1. The third-order valence-corrected chi connectivity index (χ3v) is 7.51. The van der Waals surface area contributed by atoms with E-state index in [0.717, 1.165) is 42.7 Å². The number of hydrogen-bond acceptors (Lipinski definition) is 5. The third kappa shape index (κ3) is 4.26. The van der Waals surface area contributed by atoms with Crippen molar-refractivity contribution < 1.29 is 27.4 Å². The minimum absolute atomic E-state index is 0.0177. The quantitative estimate of drug-likeness (QED) is 0.473. The Kier molecular flexibility index (Phi) is 6.30. The SMILES string of the molecule is COc1ccc(-c2cc(C(F)(F)F)n3nc(C(=O)N4CCC[C@@H]5CCC[C@H](C)[C@@H]54)cc3n2)cc1OC. The lowest BCUT2D eigenvalue weighted by Gasteiger charge is -2.47. The molecule has 1 saturated carbocycles. The molecule has 3 atom stereocenters. The first-order valence-electron chi connectivity index (χ1n) is 12.2. The molecular weight excluding hydrogens is 473 g/mol. The van der Waals surface area contributed by atoms with E-state index < -0.39 is 11.9 Å². The predicted octanol–water partition coefficient (Wildman–Crippen LogP) is 5.47. The zero-order valence-electron chi connectivity index (χ0n) is 20.5. The Morgan fingerprint density at radius 1 is 1.03 bits per heavy atom. The molecule has 1 aromatic carbocycles. The van der Waals surface area contributed by atoms with Gasteiger partial charge in [0.25, 0.3) is 5.91 Å². The molecule has 2 aliphatic rings. The van der Waals surface area contributed by atoms with Crippen LogP contribution in [0.25, 0.3) is 16.9 Å². The van der Waals surface area contributed by atoms with Gasteiger partial charge in [-0.2, -0.15) is 18.3 Å². The van der Waals surface area contributed by atoms with Crippen molar-refractivity contribution in [3.05, 3.63) is 41.7 Å². The van der Waals surface area contributed by atoms with Gasteiger partial charge in [0.05, 0.1) is 19.9 Å². The van der Waals surface area contributed by atoms with Crippen LogP contribution in [0.2, 0.25) is 0 Å². The number of carbonyl (C=O) groups excluding carboxylic acids is 1. The summed E-state index contributed by atoms with van der Waals surface area (Å²) in [5, 5.41) is 4.11. The molecular formula is C26H29F3N4O3. The number of amides is 1. The Labute approximate surface area is 207 Å². The van der Waals surface area contributed by atoms with E-state index in [1.807, 2.05) is 4.90 Å². The number of hydrogen-bond donors (Lipinski definition) is 0. The first-order valence-corrected chi connectivity index (χ1v) is 12.2. The lowest BCUT2D eigenvalue weighted by molar-refractivity contribution is -0.142. The summed E-state index contributed by atoms with van der Waals surface area (Å²) in [6, 6.07) is 7.19. The number of alkyl halides is 3. The second-order valence-corrected chi connectivity index (χ2v) is 9.69. The van der Waals surface area contributed by atoms with Crippen LogP contribution in [0.15, 0.2) is 30.3 Å². The second-order valence-electron chi connectivity index (χ2n) is 9.69. The molecule has 0 radical (unpaired) electrons. The normalized spacial score (nSPS) is 22.4. The van der Waals surface area contributed by atoms with Crippen molar-refractivity contribution in [3.63, 3.8) is 0 Å². The maximum atomic E-state index is 14.1. The van der Waals surface area contributed by atoms with Gasteiger partial charge in [0.2, 0.25) is 0 Å². The van der Waals surface area contributed by atoms with Gasteiger partial charge in [-0.3, -0.25) is 4.79 Å². The van der Waals surface area contributed by atoms with Crippen molar-refractivity contribution in [3.8, 4) is 22.8 Å². The molecule has 0 spiro atoms. The first kappa shape index (κ1) is 24.4. The standard InChI is InChI=1S/C26H29F3N4O3/c1-15-6-4-7-16-8-5-11-32(24(15)16)25(34)19-14-23-30-18(13-22(26(27,28)29)33(23)31-19)17-9-10-20(35-2)21(12-17)36-3/h9-10,12-16,24H,4-8,11H2,1-3H3/t15-,16-,24-/m0/s1. The highest BCUT2D eigenvalue weighted by molar-refractivity contribution is 5.93. The highest BCUT2D eigenvalue weighted by Crippen LogP contribution is 2.40. The summed E-state index contributed by atoms with van der Waals surface area (Å²) < 4.78 is 53.5. The second kappa shape index (κ2) is 9.29. The van der Waals surface area contributed by atoms with Crippen LogP contribution < -0.4 is 9.47 Å². The minimum atomic E-state index is -4.70. The van der Waals surface area contributed by atoms with Crippen molar-refractivity contribution in [1.29, 1.82) is 0 Å². The van der Waals surface area contributed by atoms with E-state index in [1.54, 1.807) is 18.2 Å². The molecule has 36 heavy (non-hydrogen) atoms. The van der Waals surface area contributed by atoms with E-state index >= 15 is 0 Å². The first-order chi connectivity index (χ1) is 17.2. The summed E-state index contributed by atoms with van der Waals surface area (Å²) in [5.74, 6) is 1.28. The number of nitrogens with zero attached hydrogens (tertiary/aromatic N) is 4. The zero-order valence-corrected chi connectivity index (χ0v) is 20.5. The monoisotopic (exact) mass is 502 g/mol. The van der Waals surface area contributed by atoms with Crippen molar-refractivity contribution in [2.75, 3.05) is 20.8 Å². The van der Waals surface area contributed by atoms with E-state index in [4.69, 9.17) is 9.47 Å². The highest BCUT2D eigenvalue weighted by Gasteiger charge is 2.41. The van der Waals surface area contributed by atoms with E-state index in [9.17, 15) is 18.0 Å². The number of halogens is 3. The van der Waals surface area contributed by atoms with Crippen LogP contribution in [-0.2, 0) is 6.18 Å². The number of aromatic nitrogens is 3. The van der Waals surface area contributed by atoms with Gasteiger partial charge in [0, 0.05) is 24.2 Å². The number of piperidine rings is 1. The topological polar surface area (TPSA) is 69.0 Å². The smallest absolute Gasteiger partial charge is 0.433 e. The van der Waals surface area contributed by atoms with Crippen LogP contribution >= 0.6 is 0 Å². The molecule has 1 aliphatic heterocycles. The van der Waals surface area contributed by atoms with Gasteiger partial charge in [0.1, 0.15) is 0 Å². The van der Waals surface area contributed by atoms with Gasteiger partial charge >= 0.3 is 6.18 Å². The fourth-order valence-electron chi connectivity index (χ4n) is 5.87. The van der Waals surface area contributed by atoms with E-state index in [2.05, 4.69) is 17.0 Å². The molecule has 10 heteroatoms. The van der Waals surface area contributed by atoms with Crippen LogP contribution in [0.3, 0.4) is 0 Å². The average Bonchev–Trinajstić information content (AvgIpc) is 3.30. The number of ether oxygens (including phenoxy) is 2. The predicted molar refractivity (Wildman–Crippen MR) is 127 cm³/mol. The summed E-state index contributed by atoms with van der Waals surface area (Å²) in [7, 11) is 2.93. The lowest BCUT2D eigenvalue weighted by Crippen LogP contribution is -2.53. The van der Waals surface area contributed by atoms with Gasteiger partial charge in [-0.15, -0.1) is 0 Å². The van der Waals surface area contributed by atoms with Crippen molar-refractivity contribution >= 4 is 11.6 Å². The van der Waals surface area contributed by atoms with Gasteiger partial charge < -0.3 is 14.4 Å².